The predicted octanol–water partition coefficient (Wildman–Crippen LogP) is 1.81. The Hall–Kier alpha value is -1.13. The van der Waals surface area contributed by atoms with Gasteiger partial charge in [0.15, 0.2) is 0 Å². The van der Waals surface area contributed by atoms with Crippen LogP contribution in [0.4, 0.5) is 0 Å². The third-order valence-electron chi connectivity index (χ3n) is 2.20. The van der Waals surface area contributed by atoms with Crippen LogP contribution in [-0.4, -0.2) is 16.3 Å². The van der Waals surface area contributed by atoms with Crippen molar-refractivity contribution in [2.45, 2.75) is 13.0 Å². The molecular formula is C11H15N3S. The van der Waals surface area contributed by atoms with E-state index in [1.165, 1.54) is 4.88 Å². The summed E-state index contributed by atoms with van der Waals surface area (Å²) in [7, 11) is 1.94. The number of rotatable bonds is 5. The van der Waals surface area contributed by atoms with Crippen LogP contribution in [0, 0.1) is 0 Å². The lowest BCUT2D eigenvalue weighted by atomic mass is 10.3. The highest BCUT2D eigenvalue weighted by molar-refractivity contribution is 7.09. The van der Waals surface area contributed by atoms with Crippen LogP contribution in [0.5, 0.6) is 0 Å². The molecule has 1 N–H and O–H groups in total. The third kappa shape index (κ3) is 3.18. The van der Waals surface area contributed by atoms with Gasteiger partial charge in [0.1, 0.15) is 0 Å². The lowest BCUT2D eigenvalue weighted by Gasteiger charge is -2.00. The molecule has 2 heterocycles. The summed E-state index contributed by atoms with van der Waals surface area (Å²) in [4.78, 5) is 1.43. The lowest BCUT2D eigenvalue weighted by Crippen LogP contribution is -2.16. The number of aryl methyl sites for hydroxylation is 1. The first-order chi connectivity index (χ1) is 7.34. The van der Waals surface area contributed by atoms with Gasteiger partial charge in [0.2, 0.25) is 0 Å². The average molecular weight is 221 g/mol. The summed E-state index contributed by atoms with van der Waals surface area (Å²) < 4.78 is 1.83. The molecule has 0 saturated heterocycles. The van der Waals surface area contributed by atoms with Crippen molar-refractivity contribution in [3.05, 3.63) is 40.3 Å². The quantitative estimate of drug-likeness (QED) is 0.780. The molecule has 15 heavy (non-hydrogen) atoms. The molecule has 0 aromatic carbocycles. The van der Waals surface area contributed by atoms with Crippen LogP contribution in [0.1, 0.15) is 10.6 Å². The molecule has 2 aromatic heterocycles. The van der Waals surface area contributed by atoms with E-state index in [2.05, 4.69) is 27.9 Å². The zero-order valence-corrected chi connectivity index (χ0v) is 9.63. The third-order valence-corrected chi connectivity index (χ3v) is 3.14. The zero-order chi connectivity index (χ0) is 10.5. The van der Waals surface area contributed by atoms with Crippen LogP contribution in [0.2, 0.25) is 0 Å². The molecule has 2 aromatic rings. The highest BCUT2D eigenvalue weighted by atomic mass is 32.1. The van der Waals surface area contributed by atoms with Crippen molar-refractivity contribution in [3.8, 4) is 0 Å². The Bertz CT molecular complexity index is 392. The van der Waals surface area contributed by atoms with E-state index in [9.17, 15) is 0 Å². The van der Waals surface area contributed by atoms with Crippen LogP contribution < -0.4 is 5.32 Å². The Kier molecular flexibility index (Phi) is 3.53. The van der Waals surface area contributed by atoms with Gasteiger partial charge in [-0.1, -0.05) is 6.07 Å². The first-order valence-electron chi connectivity index (χ1n) is 5.06. The molecule has 4 heteroatoms. The second-order valence-electron chi connectivity index (χ2n) is 3.49. The summed E-state index contributed by atoms with van der Waals surface area (Å²) in [6, 6.07) is 6.31. The zero-order valence-electron chi connectivity index (χ0n) is 8.81. The van der Waals surface area contributed by atoms with Crippen molar-refractivity contribution in [2.24, 2.45) is 7.05 Å². The van der Waals surface area contributed by atoms with Gasteiger partial charge in [0.05, 0.1) is 5.69 Å². The fourth-order valence-electron chi connectivity index (χ4n) is 1.44. The van der Waals surface area contributed by atoms with Gasteiger partial charge < -0.3 is 5.32 Å². The van der Waals surface area contributed by atoms with E-state index < -0.39 is 0 Å². The van der Waals surface area contributed by atoms with Gasteiger partial charge in [0, 0.05) is 31.2 Å². The van der Waals surface area contributed by atoms with E-state index in [1.54, 1.807) is 0 Å². The molecule has 0 aliphatic carbocycles. The first kappa shape index (κ1) is 10.4. The SMILES string of the molecule is Cn1ccc(CNCCc2cccs2)n1. The van der Waals surface area contributed by atoms with E-state index in [0.29, 0.717) is 0 Å². The molecule has 0 saturated carbocycles. The Balaban J connectivity index is 1.67. The van der Waals surface area contributed by atoms with E-state index in [4.69, 9.17) is 0 Å². The highest BCUT2D eigenvalue weighted by Crippen LogP contribution is 2.08. The molecule has 0 aliphatic rings. The number of aromatic nitrogens is 2. The molecule has 0 bridgehead atoms. The molecule has 80 valence electrons. The molecule has 3 nitrogen and oxygen atoms in total. The largest absolute Gasteiger partial charge is 0.311 e. The minimum Gasteiger partial charge on any atom is -0.311 e. The van der Waals surface area contributed by atoms with Gasteiger partial charge >= 0.3 is 0 Å². The van der Waals surface area contributed by atoms with E-state index in [1.807, 2.05) is 35.3 Å². The highest BCUT2D eigenvalue weighted by Gasteiger charge is 1.96. The summed E-state index contributed by atoms with van der Waals surface area (Å²) in [5.41, 5.74) is 1.10. The fourth-order valence-corrected chi connectivity index (χ4v) is 2.15. The van der Waals surface area contributed by atoms with Gasteiger partial charge in [-0.15, -0.1) is 11.3 Å². The normalized spacial score (nSPS) is 10.7. The van der Waals surface area contributed by atoms with Crippen LogP contribution in [0.15, 0.2) is 29.8 Å². The Morgan fingerprint density at radius 3 is 3.07 bits per heavy atom. The van der Waals surface area contributed by atoms with Crippen molar-refractivity contribution in [3.63, 3.8) is 0 Å². The standard InChI is InChI=1S/C11H15N3S/c1-14-7-5-10(13-14)9-12-6-4-11-3-2-8-15-11/h2-3,5,7-8,12H,4,6,9H2,1H3. The lowest BCUT2D eigenvalue weighted by molar-refractivity contribution is 0.656. The van der Waals surface area contributed by atoms with E-state index >= 15 is 0 Å². The van der Waals surface area contributed by atoms with Gasteiger partial charge in [-0.2, -0.15) is 5.10 Å². The monoisotopic (exact) mass is 221 g/mol. The van der Waals surface area contributed by atoms with Crippen molar-refractivity contribution >= 4 is 11.3 Å². The Labute approximate surface area is 93.7 Å². The van der Waals surface area contributed by atoms with Gasteiger partial charge in [-0.05, 0) is 23.9 Å². The van der Waals surface area contributed by atoms with Gasteiger partial charge in [-0.25, -0.2) is 0 Å². The number of nitrogens with one attached hydrogen (secondary N) is 1. The second kappa shape index (κ2) is 5.09. The number of nitrogens with zero attached hydrogens (tertiary/aromatic N) is 2. The Morgan fingerprint density at radius 1 is 1.47 bits per heavy atom. The molecule has 0 atom stereocenters. The van der Waals surface area contributed by atoms with Crippen molar-refractivity contribution in [2.75, 3.05) is 6.54 Å². The maximum Gasteiger partial charge on any atom is 0.0762 e. The Morgan fingerprint density at radius 2 is 2.40 bits per heavy atom. The summed E-state index contributed by atoms with van der Waals surface area (Å²) >= 11 is 1.81. The van der Waals surface area contributed by atoms with Crippen LogP contribution in [-0.2, 0) is 20.0 Å². The average Bonchev–Trinajstić information content (AvgIpc) is 2.84. The van der Waals surface area contributed by atoms with Crippen molar-refractivity contribution in [1.82, 2.24) is 15.1 Å². The van der Waals surface area contributed by atoms with Crippen LogP contribution in [0.25, 0.3) is 0 Å². The summed E-state index contributed by atoms with van der Waals surface area (Å²) in [6.45, 7) is 1.86. The summed E-state index contributed by atoms with van der Waals surface area (Å²) in [5.74, 6) is 0. The summed E-state index contributed by atoms with van der Waals surface area (Å²) in [5, 5.41) is 9.81. The topological polar surface area (TPSA) is 29.9 Å². The summed E-state index contributed by atoms with van der Waals surface area (Å²) in [6.07, 6.45) is 3.07. The molecule has 0 radical (unpaired) electrons. The predicted molar refractivity (Wildman–Crippen MR) is 62.9 cm³/mol. The maximum absolute atomic E-state index is 4.30. The number of hydrogen-bond donors (Lipinski definition) is 1. The molecular weight excluding hydrogens is 206 g/mol. The number of thiophene rings is 1. The molecule has 0 fully saturated rings. The fraction of sp³-hybridized carbons (Fsp3) is 0.364. The van der Waals surface area contributed by atoms with Crippen LogP contribution >= 0.6 is 11.3 Å². The maximum atomic E-state index is 4.30. The van der Waals surface area contributed by atoms with Crippen molar-refractivity contribution in [1.29, 1.82) is 0 Å². The molecule has 0 spiro atoms. The van der Waals surface area contributed by atoms with Gasteiger partial charge in [-0.3, -0.25) is 4.68 Å². The minimum atomic E-state index is 0.853. The van der Waals surface area contributed by atoms with Crippen LogP contribution in [0.3, 0.4) is 0 Å². The molecule has 0 aliphatic heterocycles. The second-order valence-corrected chi connectivity index (χ2v) is 4.52. The molecule has 2 rings (SSSR count). The minimum absolute atomic E-state index is 0.853. The van der Waals surface area contributed by atoms with Gasteiger partial charge in [0.25, 0.3) is 0 Å². The van der Waals surface area contributed by atoms with E-state index in [-0.39, 0.29) is 0 Å². The molecule has 0 unspecified atom stereocenters. The molecule has 0 amide bonds. The van der Waals surface area contributed by atoms with E-state index in [0.717, 1.165) is 25.2 Å². The van der Waals surface area contributed by atoms with Crippen molar-refractivity contribution < 1.29 is 0 Å². The first-order valence-corrected chi connectivity index (χ1v) is 5.94. The number of hydrogen-bond acceptors (Lipinski definition) is 3. The smallest absolute Gasteiger partial charge is 0.0762 e.